The fourth-order valence-corrected chi connectivity index (χ4v) is 2.03. The molecule has 0 aliphatic heterocycles. The molecule has 1 N–H and O–H groups in total. The molecule has 0 bridgehead atoms. The number of aromatic nitrogens is 4. The Morgan fingerprint density at radius 1 is 1.10 bits per heavy atom. The molecular formula is C14H23ClFN5. The van der Waals surface area contributed by atoms with E-state index in [4.69, 9.17) is 0 Å². The molecule has 0 fully saturated rings. The molecule has 5 nitrogen and oxygen atoms in total. The van der Waals surface area contributed by atoms with E-state index in [0.717, 1.165) is 25.2 Å². The average Bonchev–Trinajstić information content (AvgIpc) is 2.99. The van der Waals surface area contributed by atoms with E-state index in [2.05, 4.69) is 35.6 Å². The van der Waals surface area contributed by atoms with Crippen LogP contribution in [0.1, 0.15) is 25.0 Å². The first-order valence-electron chi connectivity index (χ1n) is 6.96. The van der Waals surface area contributed by atoms with Crippen LogP contribution in [-0.4, -0.2) is 26.2 Å². The van der Waals surface area contributed by atoms with Crippen LogP contribution in [-0.2, 0) is 26.2 Å². The van der Waals surface area contributed by atoms with Crippen LogP contribution in [0.25, 0.3) is 0 Å². The highest BCUT2D eigenvalue weighted by Crippen LogP contribution is 2.03. The highest BCUT2D eigenvalue weighted by atomic mass is 35.5. The first-order chi connectivity index (χ1) is 9.67. The third-order valence-electron chi connectivity index (χ3n) is 2.90. The molecule has 0 saturated heterocycles. The third kappa shape index (κ3) is 5.85. The molecular weight excluding hydrogens is 293 g/mol. The summed E-state index contributed by atoms with van der Waals surface area (Å²) in [4.78, 5) is 0. The van der Waals surface area contributed by atoms with Crippen molar-refractivity contribution in [2.45, 2.75) is 40.0 Å². The number of alkyl halides is 1. The number of hydrogen-bond donors (Lipinski definition) is 1. The maximum Gasteiger partial charge on any atom is 0.109 e. The lowest BCUT2D eigenvalue weighted by Gasteiger charge is -2.03. The number of rotatable bonds is 8. The van der Waals surface area contributed by atoms with E-state index in [1.165, 1.54) is 5.56 Å². The minimum Gasteiger partial charge on any atom is -0.308 e. The number of nitrogens with zero attached hydrogens (tertiary/aromatic N) is 4. The normalized spacial score (nSPS) is 10.9. The molecule has 0 aromatic carbocycles. The van der Waals surface area contributed by atoms with Gasteiger partial charge in [-0.3, -0.25) is 9.36 Å². The van der Waals surface area contributed by atoms with Gasteiger partial charge in [-0.1, -0.05) is 13.8 Å². The summed E-state index contributed by atoms with van der Waals surface area (Å²) in [5.41, 5.74) is 2.23. The van der Waals surface area contributed by atoms with E-state index in [9.17, 15) is 4.39 Å². The van der Waals surface area contributed by atoms with Gasteiger partial charge in [0, 0.05) is 43.2 Å². The van der Waals surface area contributed by atoms with Gasteiger partial charge < -0.3 is 5.32 Å². The van der Waals surface area contributed by atoms with Crippen LogP contribution in [0.3, 0.4) is 0 Å². The maximum atomic E-state index is 12.2. The van der Waals surface area contributed by atoms with Crippen LogP contribution in [0.15, 0.2) is 24.8 Å². The molecule has 0 aliphatic carbocycles. The maximum absolute atomic E-state index is 12.2. The fraction of sp³-hybridized carbons (Fsp3) is 0.571. The van der Waals surface area contributed by atoms with Crippen molar-refractivity contribution in [1.82, 2.24) is 24.9 Å². The Bertz CT molecular complexity index is 523. The van der Waals surface area contributed by atoms with Crippen molar-refractivity contribution >= 4 is 12.4 Å². The van der Waals surface area contributed by atoms with Crippen molar-refractivity contribution in [3.8, 4) is 0 Å². The van der Waals surface area contributed by atoms with E-state index < -0.39 is 0 Å². The SMILES string of the molecule is CC(C)Cn1cc(CNCc2cnn(CCF)c2)cn1.Cl. The highest BCUT2D eigenvalue weighted by Gasteiger charge is 2.02. The zero-order chi connectivity index (χ0) is 14.4. The Balaban J connectivity index is 0.00000220. The lowest BCUT2D eigenvalue weighted by atomic mass is 10.2. The van der Waals surface area contributed by atoms with Gasteiger partial charge in [0.1, 0.15) is 6.67 Å². The third-order valence-corrected chi connectivity index (χ3v) is 2.90. The zero-order valence-corrected chi connectivity index (χ0v) is 13.3. The molecule has 2 heterocycles. The molecule has 0 saturated carbocycles. The van der Waals surface area contributed by atoms with Crippen molar-refractivity contribution < 1.29 is 4.39 Å². The fourth-order valence-electron chi connectivity index (χ4n) is 2.03. The van der Waals surface area contributed by atoms with E-state index in [1.54, 1.807) is 10.9 Å². The summed E-state index contributed by atoms with van der Waals surface area (Å²) >= 11 is 0. The first kappa shape index (κ1) is 17.7. The molecule has 21 heavy (non-hydrogen) atoms. The summed E-state index contributed by atoms with van der Waals surface area (Å²) in [6.07, 6.45) is 7.60. The zero-order valence-electron chi connectivity index (χ0n) is 12.5. The molecule has 0 amide bonds. The van der Waals surface area contributed by atoms with E-state index in [1.807, 2.05) is 17.1 Å². The van der Waals surface area contributed by atoms with E-state index >= 15 is 0 Å². The molecule has 0 aliphatic rings. The van der Waals surface area contributed by atoms with Gasteiger partial charge in [-0.15, -0.1) is 12.4 Å². The second-order valence-corrected chi connectivity index (χ2v) is 5.37. The number of nitrogens with one attached hydrogen (secondary N) is 1. The van der Waals surface area contributed by atoms with Crippen LogP contribution in [0.5, 0.6) is 0 Å². The second-order valence-electron chi connectivity index (χ2n) is 5.37. The standard InChI is InChI=1S/C14H22FN5.ClH/c1-12(2)9-20-11-14(8-18-20)6-16-5-13-7-17-19(10-13)4-3-15;/h7-8,10-12,16H,3-6,9H2,1-2H3;1H. The summed E-state index contributed by atoms with van der Waals surface area (Å²) in [5.74, 6) is 0.594. The quantitative estimate of drug-likeness (QED) is 0.814. The first-order valence-corrected chi connectivity index (χ1v) is 6.96. The van der Waals surface area contributed by atoms with Gasteiger partial charge in [0.15, 0.2) is 0 Å². The van der Waals surface area contributed by atoms with Crippen molar-refractivity contribution in [2.75, 3.05) is 6.67 Å². The Morgan fingerprint density at radius 3 is 2.24 bits per heavy atom. The van der Waals surface area contributed by atoms with E-state index in [0.29, 0.717) is 12.5 Å². The monoisotopic (exact) mass is 315 g/mol. The summed E-state index contributed by atoms with van der Waals surface area (Å²) in [6, 6.07) is 0. The molecule has 2 rings (SSSR count). The van der Waals surface area contributed by atoms with Gasteiger partial charge in [-0.05, 0) is 5.92 Å². The second kappa shape index (κ2) is 8.79. The molecule has 2 aromatic rings. The average molecular weight is 316 g/mol. The lowest BCUT2D eigenvalue weighted by Crippen LogP contribution is -2.12. The van der Waals surface area contributed by atoms with Crippen LogP contribution in [0.2, 0.25) is 0 Å². The van der Waals surface area contributed by atoms with Gasteiger partial charge in [0.2, 0.25) is 0 Å². The summed E-state index contributed by atoms with van der Waals surface area (Å²) in [7, 11) is 0. The molecule has 2 aromatic heterocycles. The minimum atomic E-state index is -0.385. The van der Waals surface area contributed by atoms with Crippen LogP contribution < -0.4 is 5.32 Å². The highest BCUT2D eigenvalue weighted by molar-refractivity contribution is 5.85. The minimum absolute atomic E-state index is 0. The number of halogens is 2. The van der Waals surface area contributed by atoms with Gasteiger partial charge >= 0.3 is 0 Å². The van der Waals surface area contributed by atoms with Crippen molar-refractivity contribution in [2.24, 2.45) is 5.92 Å². The Labute approximate surface area is 130 Å². The smallest absolute Gasteiger partial charge is 0.109 e. The number of aryl methyl sites for hydroxylation is 1. The predicted octanol–water partition coefficient (Wildman–Crippen LogP) is 2.42. The van der Waals surface area contributed by atoms with Gasteiger partial charge in [0.25, 0.3) is 0 Å². The van der Waals surface area contributed by atoms with Gasteiger partial charge in [0.05, 0.1) is 18.9 Å². The van der Waals surface area contributed by atoms with Crippen LogP contribution in [0, 0.1) is 5.92 Å². The Hall–Kier alpha value is -1.40. The van der Waals surface area contributed by atoms with Crippen LogP contribution in [0.4, 0.5) is 4.39 Å². The molecule has 118 valence electrons. The van der Waals surface area contributed by atoms with Gasteiger partial charge in [-0.2, -0.15) is 10.2 Å². The van der Waals surface area contributed by atoms with Crippen molar-refractivity contribution in [1.29, 1.82) is 0 Å². The Kier molecular flexibility index (Phi) is 7.39. The summed E-state index contributed by atoms with van der Waals surface area (Å²) in [6.45, 7) is 6.72. The van der Waals surface area contributed by atoms with Gasteiger partial charge in [-0.25, -0.2) is 4.39 Å². The summed E-state index contributed by atoms with van der Waals surface area (Å²) < 4.78 is 15.8. The molecule has 0 unspecified atom stereocenters. The topological polar surface area (TPSA) is 47.7 Å². The largest absolute Gasteiger partial charge is 0.308 e. The Morgan fingerprint density at radius 2 is 1.67 bits per heavy atom. The van der Waals surface area contributed by atoms with Crippen LogP contribution >= 0.6 is 12.4 Å². The van der Waals surface area contributed by atoms with E-state index in [-0.39, 0.29) is 19.1 Å². The molecule has 0 spiro atoms. The predicted molar refractivity (Wildman–Crippen MR) is 83.1 cm³/mol. The lowest BCUT2D eigenvalue weighted by molar-refractivity contribution is 0.427. The van der Waals surface area contributed by atoms with Crippen molar-refractivity contribution in [3.63, 3.8) is 0 Å². The number of hydrogen-bond acceptors (Lipinski definition) is 3. The molecule has 7 heteroatoms. The van der Waals surface area contributed by atoms with Crippen molar-refractivity contribution in [3.05, 3.63) is 35.9 Å². The molecule has 0 radical (unpaired) electrons. The molecule has 0 atom stereocenters. The summed E-state index contributed by atoms with van der Waals surface area (Å²) in [5, 5.41) is 11.8.